The Kier molecular flexibility index (Phi) is 5.55. The van der Waals surface area contributed by atoms with Crippen molar-refractivity contribution < 1.29 is 14.3 Å². The zero-order valence-corrected chi connectivity index (χ0v) is 11.0. The van der Waals surface area contributed by atoms with E-state index in [2.05, 4.69) is 5.32 Å². The van der Waals surface area contributed by atoms with Crippen LogP contribution in [0.5, 0.6) is 0 Å². The van der Waals surface area contributed by atoms with Crippen LogP contribution in [0.4, 0.5) is 0 Å². The number of carbonyl (C=O) groups is 2. The first-order chi connectivity index (χ1) is 9.06. The van der Waals surface area contributed by atoms with Gasteiger partial charge in [-0.05, 0) is 31.0 Å². The standard InChI is InChI=1S/C14H16N2O3/c1-10-5-3-6-12(11(10)2)14(18)19-9-13(17)16-8-4-7-15/h3,5-6H,4,8-9H2,1-2H3,(H,16,17). The minimum atomic E-state index is -0.517. The molecule has 0 radical (unpaired) electrons. The molecule has 0 aliphatic carbocycles. The summed E-state index contributed by atoms with van der Waals surface area (Å²) in [6.45, 7) is 3.66. The molecular weight excluding hydrogens is 244 g/mol. The van der Waals surface area contributed by atoms with Gasteiger partial charge < -0.3 is 10.1 Å². The van der Waals surface area contributed by atoms with Crippen LogP contribution in [-0.4, -0.2) is 25.0 Å². The number of hydrogen-bond acceptors (Lipinski definition) is 4. The summed E-state index contributed by atoms with van der Waals surface area (Å²) in [6.07, 6.45) is 0.233. The van der Waals surface area contributed by atoms with E-state index in [4.69, 9.17) is 10.00 Å². The number of rotatable bonds is 5. The largest absolute Gasteiger partial charge is 0.452 e. The van der Waals surface area contributed by atoms with Gasteiger partial charge in [-0.3, -0.25) is 4.79 Å². The fourth-order valence-electron chi connectivity index (χ4n) is 1.49. The number of nitrogens with one attached hydrogen (secondary N) is 1. The molecule has 1 aromatic rings. The van der Waals surface area contributed by atoms with Crippen molar-refractivity contribution in [2.75, 3.05) is 13.2 Å². The Morgan fingerprint density at radius 2 is 2.11 bits per heavy atom. The third-order valence-electron chi connectivity index (χ3n) is 2.72. The third-order valence-corrected chi connectivity index (χ3v) is 2.72. The Morgan fingerprint density at radius 3 is 2.79 bits per heavy atom. The van der Waals surface area contributed by atoms with Gasteiger partial charge in [0.15, 0.2) is 6.61 Å². The molecule has 0 spiro atoms. The quantitative estimate of drug-likeness (QED) is 0.642. The molecule has 1 rings (SSSR count). The minimum absolute atomic E-state index is 0.233. The number of benzene rings is 1. The van der Waals surface area contributed by atoms with E-state index in [1.807, 2.05) is 26.0 Å². The number of nitriles is 1. The molecule has 0 aliphatic heterocycles. The second kappa shape index (κ2) is 7.17. The van der Waals surface area contributed by atoms with Gasteiger partial charge in [-0.15, -0.1) is 0 Å². The van der Waals surface area contributed by atoms with Crippen LogP contribution in [0.3, 0.4) is 0 Å². The third kappa shape index (κ3) is 4.43. The predicted molar refractivity (Wildman–Crippen MR) is 69.4 cm³/mol. The summed E-state index contributed by atoms with van der Waals surface area (Å²) in [5, 5.41) is 10.8. The zero-order valence-electron chi connectivity index (χ0n) is 11.0. The molecule has 0 aromatic heterocycles. The lowest BCUT2D eigenvalue weighted by atomic mass is 10.0. The first-order valence-corrected chi connectivity index (χ1v) is 5.93. The SMILES string of the molecule is Cc1cccc(C(=O)OCC(=O)NCCC#N)c1C. The van der Waals surface area contributed by atoms with Gasteiger partial charge >= 0.3 is 5.97 Å². The van der Waals surface area contributed by atoms with Crippen LogP contribution in [0, 0.1) is 25.2 Å². The highest BCUT2D eigenvalue weighted by Gasteiger charge is 2.13. The van der Waals surface area contributed by atoms with Gasteiger partial charge in [0.2, 0.25) is 0 Å². The van der Waals surface area contributed by atoms with Crippen molar-refractivity contribution in [1.82, 2.24) is 5.32 Å². The smallest absolute Gasteiger partial charge is 0.338 e. The summed E-state index contributed by atoms with van der Waals surface area (Å²) in [5.74, 6) is -0.925. The lowest BCUT2D eigenvalue weighted by Gasteiger charge is -2.08. The van der Waals surface area contributed by atoms with Gasteiger partial charge in [0.25, 0.3) is 5.91 Å². The van der Waals surface area contributed by atoms with Crippen LogP contribution >= 0.6 is 0 Å². The van der Waals surface area contributed by atoms with Crippen molar-refractivity contribution in [1.29, 1.82) is 5.26 Å². The Balaban J connectivity index is 2.50. The van der Waals surface area contributed by atoms with Crippen LogP contribution in [0.2, 0.25) is 0 Å². The van der Waals surface area contributed by atoms with E-state index in [1.165, 1.54) is 0 Å². The molecule has 1 aromatic carbocycles. The first kappa shape index (κ1) is 14.7. The first-order valence-electron chi connectivity index (χ1n) is 5.93. The molecule has 0 atom stereocenters. The monoisotopic (exact) mass is 260 g/mol. The summed E-state index contributed by atoms with van der Waals surface area (Å²) >= 11 is 0. The lowest BCUT2D eigenvalue weighted by molar-refractivity contribution is -0.124. The van der Waals surface area contributed by atoms with Crippen LogP contribution < -0.4 is 5.32 Å². The number of hydrogen-bond donors (Lipinski definition) is 1. The van der Waals surface area contributed by atoms with Crippen LogP contribution in [-0.2, 0) is 9.53 Å². The molecule has 19 heavy (non-hydrogen) atoms. The normalized spacial score (nSPS) is 9.53. The number of ether oxygens (including phenoxy) is 1. The maximum atomic E-state index is 11.8. The van der Waals surface area contributed by atoms with E-state index in [1.54, 1.807) is 12.1 Å². The summed E-state index contributed by atoms with van der Waals surface area (Å²) in [7, 11) is 0. The van der Waals surface area contributed by atoms with E-state index >= 15 is 0 Å². The van der Waals surface area contributed by atoms with Gasteiger partial charge in [-0.1, -0.05) is 12.1 Å². The highest BCUT2D eigenvalue weighted by molar-refractivity contribution is 5.93. The Morgan fingerprint density at radius 1 is 1.37 bits per heavy atom. The minimum Gasteiger partial charge on any atom is -0.452 e. The molecule has 0 saturated heterocycles. The van der Waals surface area contributed by atoms with Gasteiger partial charge in [0, 0.05) is 6.54 Å². The predicted octanol–water partition coefficient (Wildman–Crippen LogP) is 1.49. The number of aryl methyl sites for hydroxylation is 1. The number of amides is 1. The average Bonchev–Trinajstić information content (AvgIpc) is 2.39. The topological polar surface area (TPSA) is 79.2 Å². The second-order valence-corrected chi connectivity index (χ2v) is 4.08. The highest BCUT2D eigenvalue weighted by atomic mass is 16.5. The molecule has 0 heterocycles. The number of carbonyl (C=O) groups excluding carboxylic acids is 2. The van der Waals surface area contributed by atoms with Crippen molar-refractivity contribution in [2.24, 2.45) is 0 Å². The van der Waals surface area contributed by atoms with Crippen molar-refractivity contribution in [3.05, 3.63) is 34.9 Å². The van der Waals surface area contributed by atoms with Gasteiger partial charge in [0.1, 0.15) is 0 Å². The maximum Gasteiger partial charge on any atom is 0.338 e. The highest BCUT2D eigenvalue weighted by Crippen LogP contribution is 2.13. The van der Waals surface area contributed by atoms with Crippen molar-refractivity contribution >= 4 is 11.9 Å². The molecule has 5 heteroatoms. The van der Waals surface area contributed by atoms with Crippen LogP contribution in [0.1, 0.15) is 27.9 Å². The molecule has 0 fully saturated rings. The molecule has 100 valence electrons. The molecule has 1 amide bonds. The Bertz CT molecular complexity index is 518. The van der Waals surface area contributed by atoms with Crippen molar-refractivity contribution in [3.8, 4) is 6.07 Å². The average molecular weight is 260 g/mol. The van der Waals surface area contributed by atoms with Crippen molar-refractivity contribution in [3.63, 3.8) is 0 Å². The fraction of sp³-hybridized carbons (Fsp3) is 0.357. The Labute approximate surface area is 112 Å². The molecule has 5 nitrogen and oxygen atoms in total. The fourth-order valence-corrected chi connectivity index (χ4v) is 1.49. The number of esters is 1. The van der Waals surface area contributed by atoms with E-state index in [-0.39, 0.29) is 19.6 Å². The zero-order chi connectivity index (χ0) is 14.3. The Hall–Kier alpha value is -2.35. The molecule has 0 unspecified atom stereocenters. The summed E-state index contributed by atoms with van der Waals surface area (Å²) in [5.41, 5.74) is 2.30. The van der Waals surface area contributed by atoms with Gasteiger partial charge in [-0.25, -0.2) is 4.79 Å². The molecule has 0 bridgehead atoms. The van der Waals surface area contributed by atoms with Gasteiger partial charge in [-0.2, -0.15) is 5.26 Å². The van der Waals surface area contributed by atoms with Crippen LogP contribution in [0.25, 0.3) is 0 Å². The van der Waals surface area contributed by atoms with E-state index in [9.17, 15) is 9.59 Å². The number of nitrogens with zero attached hydrogens (tertiary/aromatic N) is 1. The van der Waals surface area contributed by atoms with Crippen LogP contribution in [0.15, 0.2) is 18.2 Å². The summed E-state index contributed by atoms with van der Waals surface area (Å²) in [6, 6.07) is 7.24. The van der Waals surface area contributed by atoms with E-state index in [0.29, 0.717) is 5.56 Å². The lowest BCUT2D eigenvalue weighted by Crippen LogP contribution is -2.29. The molecule has 0 aliphatic rings. The van der Waals surface area contributed by atoms with Crippen molar-refractivity contribution in [2.45, 2.75) is 20.3 Å². The van der Waals surface area contributed by atoms with Gasteiger partial charge in [0.05, 0.1) is 18.1 Å². The summed E-state index contributed by atoms with van der Waals surface area (Å²) < 4.78 is 4.92. The maximum absolute atomic E-state index is 11.8. The van der Waals surface area contributed by atoms with E-state index in [0.717, 1.165) is 11.1 Å². The molecular formula is C14H16N2O3. The molecule has 0 saturated carbocycles. The van der Waals surface area contributed by atoms with E-state index < -0.39 is 11.9 Å². The molecule has 1 N–H and O–H groups in total. The summed E-state index contributed by atoms with van der Waals surface area (Å²) in [4.78, 5) is 23.1. The second-order valence-electron chi connectivity index (χ2n) is 4.08.